The first-order valence-electron chi connectivity index (χ1n) is 6.50. The summed E-state index contributed by atoms with van der Waals surface area (Å²) in [7, 11) is 5.42. The lowest BCUT2D eigenvalue weighted by atomic mass is 10.00. The highest BCUT2D eigenvalue weighted by atomic mass is 79.9. The summed E-state index contributed by atoms with van der Waals surface area (Å²) in [6, 6.07) is 0.249. The van der Waals surface area contributed by atoms with E-state index in [1.165, 1.54) is 5.69 Å². The molecule has 0 bridgehead atoms. The summed E-state index contributed by atoms with van der Waals surface area (Å²) >= 11 is 3.58. The van der Waals surface area contributed by atoms with Gasteiger partial charge in [0.2, 0.25) is 0 Å². The second-order valence-corrected chi connectivity index (χ2v) is 5.59. The molecule has 0 saturated carbocycles. The van der Waals surface area contributed by atoms with Gasteiger partial charge in [-0.15, -0.1) is 0 Å². The van der Waals surface area contributed by atoms with E-state index < -0.39 is 0 Å². The molecule has 0 amide bonds. The molecule has 6 heteroatoms. The zero-order valence-electron chi connectivity index (χ0n) is 12.1. The molecule has 1 N–H and O–H groups in total. The summed E-state index contributed by atoms with van der Waals surface area (Å²) in [5.74, 6) is 0.486. The number of nitrogens with one attached hydrogen (secondary N) is 1. The van der Waals surface area contributed by atoms with Gasteiger partial charge in [0.15, 0.2) is 0 Å². The predicted molar refractivity (Wildman–Crippen MR) is 79.3 cm³/mol. The van der Waals surface area contributed by atoms with Gasteiger partial charge in [0.1, 0.15) is 0 Å². The van der Waals surface area contributed by atoms with Gasteiger partial charge in [-0.3, -0.25) is 4.68 Å². The molecule has 0 spiro atoms. The second kappa shape index (κ2) is 8.68. The van der Waals surface area contributed by atoms with Crippen molar-refractivity contribution >= 4 is 15.9 Å². The number of rotatable bonds is 9. The van der Waals surface area contributed by atoms with Crippen molar-refractivity contribution < 1.29 is 9.47 Å². The van der Waals surface area contributed by atoms with Crippen LogP contribution in [0.3, 0.4) is 0 Å². The third-order valence-electron chi connectivity index (χ3n) is 3.11. The zero-order chi connectivity index (χ0) is 14.3. The average Bonchev–Trinajstić information content (AvgIpc) is 2.75. The van der Waals surface area contributed by atoms with E-state index in [2.05, 4.69) is 33.3 Å². The van der Waals surface area contributed by atoms with Crippen LogP contribution in [0.25, 0.3) is 0 Å². The van der Waals surface area contributed by atoms with Crippen LogP contribution in [0.2, 0.25) is 0 Å². The van der Waals surface area contributed by atoms with Gasteiger partial charge in [-0.2, -0.15) is 5.10 Å². The van der Waals surface area contributed by atoms with Gasteiger partial charge in [0.05, 0.1) is 35.6 Å². The van der Waals surface area contributed by atoms with Crippen LogP contribution in [-0.4, -0.2) is 44.3 Å². The third kappa shape index (κ3) is 4.87. The van der Waals surface area contributed by atoms with Crippen molar-refractivity contribution in [1.82, 2.24) is 15.1 Å². The zero-order valence-corrected chi connectivity index (χ0v) is 13.7. The monoisotopic (exact) mass is 333 g/mol. The summed E-state index contributed by atoms with van der Waals surface area (Å²) in [4.78, 5) is 0. The maximum Gasteiger partial charge on any atom is 0.0696 e. The molecule has 1 heterocycles. The number of halogens is 1. The Hall–Kier alpha value is -0.430. The molecule has 110 valence electrons. The quantitative estimate of drug-likeness (QED) is 0.752. The van der Waals surface area contributed by atoms with Gasteiger partial charge >= 0.3 is 0 Å². The molecule has 0 aliphatic rings. The lowest BCUT2D eigenvalue weighted by Crippen LogP contribution is -2.24. The maximum atomic E-state index is 5.21. The van der Waals surface area contributed by atoms with E-state index in [4.69, 9.17) is 9.47 Å². The molecule has 0 aromatic carbocycles. The largest absolute Gasteiger partial charge is 0.384 e. The Labute approximate surface area is 123 Å². The van der Waals surface area contributed by atoms with Crippen molar-refractivity contribution in [2.45, 2.75) is 25.9 Å². The summed E-state index contributed by atoms with van der Waals surface area (Å²) < 4.78 is 13.4. The minimum Gasteiger partial charge on any atom is -0.384 e. The second-order valence-electron chi connectivity index (χ2n) is 4.73. The van der Waals surface area contributed by atoms with E-state index in [9.17, 15) is 0 Å². The third-order valence-corrected chi connectivity index (χ3v) is 3.72. The van der Waals surface area contributed by atoms with E-state index in [1.807, 2.05) is 17.9 Å². The molecule has 1 aromatic rings. The van der Waals surface area contributed by atoms with Crippen molar-refractivity contribution in [3.63, 3.8) is 0 Å². The minimum absolute atomic E-state index is 0.249. The van der Waals surface area contributed by atoms with E-state index in [-0.39, 0.29) is 6.04 Å². The molecule has 0 aliphatic heterocycles. The molecule has 0 aliphatic carbocycles. The Kier molecular flexibility index (Phi) is 7.60. The lowest BCUT2D eigenvalue weighted by Gasteiger charge is -2.22. The van der Waals surface area contributed by atoms with E-state index >= 15 is 0 Å². The van der Waals surface area contributed by atoms with Crippen LogP contribution in [0.1, 0.15) is 25.1 Å². The van der Waals surface area contributed by atoms with Crippen LogP contribution in [0.4, 0.5) is 0 Å². The standard InChI is InChI=1S/C13H24BrN3O2/c1-10(9-19-4)7-12(15-2)13-11(14)8-16-17(13)5-6-18-3/h8,10,12,15H,5-7,9H2,1-4H3. The molecule has 0 saturated heterocycles. The molecule has 0 radical (unpaired) electrons. The Morgan fingerprint density at radius 1 is 1.42 bits per heavy atom. The summed E-state index contributed by atoms with van der Waals surface area (Å²) in [6.45, 7) is 4.37. The number of methoxy groups -OCH3 is 2. The Balaban J connectivity index is 2.81. The van der Waals surface area contributed by atoms with Crippen molar-refractivity contribution in [2.75, 3.05) is 34.5 Å². The summed E-state index contributed by atoms with van der Waals surface area (Å²) in [5, 5.41) is 7.76. The lowest BCUT2D eigenvalue weighted by molar-refractivity contribution is 0.148. The number of hydrogen-bond donors (Lipinski definition) is 1. The highest BCUT2D eigenvalue weighted by Gasteiger charge is 2.20. The maximum absolute atomic E-state index is 5.21. The first kappa shape index (κ1) is 16.6. The van der Waals surface area contributed by atoms with Crippen LogP contribution in [0.5, 0.6) is 0 Å². The van der Waals surface area contributed by atoms with Gasteiger partial charge in [-0.25, -0.2) is 0 Å². The first-order valence-corrected chi connectivity index (χ1v) is 7.29. The summed E-state index contributed by atoms with van der Waals surface area (Å²) in [6.07, 6.45) is 2.85. The van der Waals surface area contributed by atoms with Gasteiger partial charge in [-0.1, -0.05) is 6.92 Å². The number of nitrogens with zero attached hydrogens (tertiary/aromatic N) is 2. The van der Waals surface area contributed by atoms with E-state index in [1.54, 1.807) is 14.2 Å². The SMILES string of the molecule is CNC(CC(C)COC)c1c(Br)cnn1CCOC. The topological polar surface area (TPSA) is 48.3 Å². The van der Waals surface area contributed by atoms with Crippen molar-refractivity contribution in [3.05, 3.63) is 16.4 Å². The molecule has 1 rings (SSSR count). The van der Waals surface area contributed by atoms with Gasteiger partial charge in [0.25, 0.3) is 0 Å². The van der Waals surface area contributed by atoms with Gasteiger partial charge in [0, 0.05) is 20.8 Å². The molecular weight excluding hydrogens is 310 g/mol. The molecule has 1 aromatic heterocycles. The van der Waals surface area contributed by atoms with Crippen LogP contribution in [0, 0.1) is 5.92 Å². The Morgan fingerprint density at radius 3 is 2.74 bits per heavy atom. The van der Waals surface area contributed by atoms with Crippen LogP contribution in [-0.2, 0) is 16.0 Å². The van der Waals surface area contributed by atoms with E-state index in [0.29, 0.717) is 12.5 Å². The average molecular weight is 334 g/mol. The molecular formula is C13H24BrN3O2. The van der Waals surface area contributed by atoms with E-state index in [0.717, 1.165) is 24.0 Å². The van der Waals surface area contributed by atoms with Crippen molar-refractivity contribution in [2.24, 2.45) is 5.92 Å². The molecule has 19 heavy (non-hydrogen) atoms. The summed E-state index contributed by atoms with van der Waals surface area (Å²) in [5.41, 5.74) is 1.17. The molecule has 5 nitrogen and oxygen atoms in total. The molecule has 2 atom stereocenters. The molecule has 2 unspecified atom stereocenters. The normalized spacial score (nSPS) is 14.6. The van der Waals surface area contributed by atoms with Crippen molar-refractivity contribution in [3.8, 4) is 0 Å². The number of aromatic nitrogens is 2. The minimum atomic E-state index is 0.249. The fourth-order valence-electron chi connectivity index (χ4n) is 2.20. The highest BCUT2D eigenvalue weighted by molar-refractivity contribution is 9.10. The Bertz CT molecular complexity index is 371. The van der Waals surface area contributed by atoms with Crippen molar-refractivity contribution in [1.29, 1.82) is 0 Å². The van der Waals surface area contributed by atoms with Crippen LogP contribution in [0.15, 0.2) is 10.7 Å². The van der Waals surface area contributed by atoms with Crippen LogP contribution < -0.4 is 5.32 Å². The number of hydrogen-bond acceptors (Lipinski definition) is 4. The number of ether oxygens (including phenoxy) is 2. The van der Waals surface area contributed by atoms with Gasteiger partial charge in [-0.05, 0) is 35.3 Å². The molecule has 0 fully saturated rings. The van der Waals surface area contributed by atoms with Crippen LogP contribution >= 0.6 is 15.9 Å². The predicted octanol–water partition coefficient (Wildman–Crippen LogP) is 2.23. The fraction of sp³-hybridized carbons (Fsp3) is 0.769. The first-order chi connectivity index (χ1) is 9.13. The fourth-order valence-corrected chi connectivity index (χ4v) is 2.77. The van der Waals surface area contributed by atoms with Gasteiger partial charge < -0.3 is 14.8 Å². The highest BCUT2D eigenvalue weighted by Crippen LogP contribution is 2.28. The smallest absolute Gasteiger partial charge is 0.0696 e. The Morgan fingerprint density at radius 2 is 2.16 bits per heavy atom.